The van der Waals surface area contributed by atoms with Gasteiger partial charge in [0, 0.05) is 36.3 Å². The van der Waals surface area contributed by atoms with Crippen LogP contribution < -0.4 is 15.4 Å². The SMILES string of the molecule is CN=C(NCCS(=O)c1ccccc1)NCc1ccc(C)cc1OC(C)(C)C. The van der Waals surface area contributed by atoms with Crippen molar-refractivity contribution >= 4 is 16.8 Å². The smallest absolute Gasteiger partial charge is 0.191 e. The Balaban J connectivity index is 1.89. The van der Waals surface area contributed by atoms with Crippen LogP contribution >= 0.6 is 0 Å². The number of rotatable bonds is 7. The molecule has 0 spiro atoms. The minimum Gasteiger partial charge on any atom is -0.488 e. The van der Waals surface area contributed by atoms with Gasteiger partial charge in [0.15, 0.2) is 5.96 Å². The Bertz CT molecular complexity index is 814. The van der Waals surface area contributed by atoms with Crippen LogP contribution in [-0.4, -0.2) is 35.1 Å². The fourth-order valence-electron chi connectivity index (χ4n) is 2.58. The van der Waals surface area contributed by atoms with E-state index >= 15 is 0 Å². The van der Waals surface area contributed by atoms with Crippen molar-refractivity contribution in [1.29, 1.82) is 0 Å². The van der Waals surface area contributed by atoms with Crippen molar-refractivity contribution in [3.63, 3.8) is 0 Å². The lowest BCUT2D eigenvalue weighted by Gasteiger charge is -2.24. The zero-order valence-corrected chi connectivity index (χ0v) is 18.2. The van der Waals surface area contributed by atoms with Gasteiger partial charge in [-0.2, -0.15) is 0 Å². The minimum absolute atomic E-state index is 0.260. The first-order valence-corrected chi connectivity index (χ1v) is 10.8. The van der Waals surface area contributed by atoms with Crippen LogP contribution in [0.15, 0.2) is 58.4 Å². The van der Waals surface area contributed by atoms with Gasteiger partial charge in [-0.15, -0.1) is 0 Å². The molecule has 0 heterocycles. The number of nitrogens with one attached hydrogen (secondary N) is 2. The number of aryl methyl sites for hydroxylation is 1. The Morgan fingerprint density at radius 1 is 1.11 bits per heavy atom. The molecule has 0 aromatic heterocycles. The second kappa shape index (κ2) is 10.3. The highest BCUT2D eigenvalue weighted by Gasteiger charge is 2.15. The fourth-order valence-corrected chi connectivity index (χ4v) is 3.57. The Morgan fingerprint density at radius 3 is 2.46 bits per heavy atom. The molecule has 1 atom stereocenters. The van der Waals surface area contributed by atoms with Gasteiger partial charge in [-0.1, -0.05) is 30.3 Å². The third kappa shape index (κ3) is 7.35. The molecule has 0 fully saturated rings. The van der Waals surface area contributed by atoms with E-state index in [1.807, 2.05) is 51.1 Å². The molecule has 5 nitrogen and oxygen atoms in total. The number of aliphatic imine (C=N–C) groups is 1. The minimum atomic E-state index is -1.02. The van der Waals surface area contributed by atoms with Crippen LogP contribution in [0.1, 0.15) is 31.9 Å². The van der Waals surface area contributed by atoms with Crippen LogP contribution in [0.4, 0.5) is 0 Å². The van der Waals surface area contributed by atoms with Gasteiger partial charge in [-0.05, 0) is 51.5 Å². The van der Waals surface area contributed by atoms with E-state index in [-0.39, 0.29) is 5.60 Å². The molecular formula is C22H31N3O2S. The Morgan fingerprint density at radius 2 is 1.82 bits per heavy atom. The summed E-state index contributed by atoms with van der Waals surface area (Å²) in [6, 6.07) is 15.7. The van der Waals surface area contributed by atoms with Crippen LogP contribution in [0.3, 0.4) is 0 Å². The molecule has 0 amide bonds. The summed E-state index contributed by atoms with van der Waals surface area (Å²) < 4.78 is 18.4. The van der Waals surface area contributed by atoms with Crippen molar-refractivity contribution in [2.75, 3.05) is 19.3 Å². The van der Waals surface area contributed by atoms with Crippen molar-refractivity contribution in [2.45, 2.75) is 44.7 Å². The highest BCUT2D eigenvalue weighted by molar-refractivity contribution is 7.85. The first-order chi connectivity index (χ1) is 13.3. The predicted octanol–water partition coefficient (Wildman–Crippen LogP) is 3.65. The maximum absolute atomic E-state index is 12.3. The molecule has 2 N–H and O–H groups in total. The second-order valence-corrected chi connectivity index (χ2v) is 9.11. The maximum Gasteiger partial charge on any atom is 0.191 e. The molecule has 2 aromatic carbocycles. The van der Waals surface area contributed by atoms with Gasteiger partial charge in [0.25, 0.3) is 0 Å². The maximum atomic E-state index is 12.3. The molecule has 0 bridgehead atoms. The molecule has 0 aliphatic rings. The van der Waals surface area contributed by atoms with Gasteiger partial charge >= 0.3 is 0 Å². The third-order valence-electron chi connectivity index (χ3n) is 3.89. The summed E-state index contributed by atoms with van der Waals surface area (Å²) in [6.07, 6.45) is 0. The Labute approximate surface area is 171 Å². The molecule has 2 aromatic rings. The summed E-state index contributed by atoms with van der Waals surface area (Å²) in [6.45, 7) is 9.34. The van der Waals surface area contributed by atoms with Gasteiger partial charge in [0.1, 0.15) is 11.4 Å². The quantitative estimate of drug-likeness (QED) is 0.549. The molecule has 0 radical (unpaired) electrons. The van der Waals surface area contributed by atoms with Gasteiger partial charge in [-0.25, -0.2) is 0 Å². The predicted molar refractivity (Wildman–Crippen MR) is 117 cm³/mol. The van der Waals surface area contributed by atoms with Crippen molar-refractivity contribution in [1.82, 2.24) is 10.6 Å². The average molecular weight is 402 g/mol. The van der Waals surface area contributed by atoms with Crippen molar-refractivity contribution in [2.24, 2.45) is 4.99 Å². The summed E-state index contributed by atoms with van der Waals surface area (Å²) >= 11 is 0. The molecular weight excluding hydrogens is 370 g/mol. The van der Waals surface area contributed by atoms with Crippen LogP contribution in [0.25, 0.3) is 0 Å². The standard InChI is InChI=1S/C22H31N3O2S/c1-17-11-12-18(20(15-17)27-22(2,3)4)16-25-21(23-5)24-13-14-28(26)19-9-7-6-8-10-19/h6-12,15H,13-14,16H2,1-5H3,(H2,23,24,25). The highest BCUT2D eigenvalue weighted by atomic mass is 32.2. The van der Waals surface area contributed by atoms with Crippen molar-refractivity contribution in [3.05, 3.63) is 59.7 Å². The highest BCUT2D eigenvalue weighted by Crippen LogP contribution is 2.24. The summed E-state index contributed by atoms with van der Waals surface area (Å²) in [5, 5.41) is 6.53. The molecule has 2 rings (SSSR count). The van der Waals surface area contributed by atoms with E-state index in [1.54, 1.807) is 7.05 Å². The second-order valence-electron chi connectivity index (χ2n) is 7.54. The number of guanidine groups is 1. The normalized spacial score (nSPS) is 13.1. The number of nitrogens with zero attached hydrogens (tertiary/aromatic N) is 1. The molecule has 0 saturated carbocycles. The third-order valence-corrected chi connectivity index (χ3v) is 5.27. The van der Waals surface area contributed by atoms with Crippen molar-refractivity contribution < 1.29 is 8.95 Å². The fraction of sp³-hybridized carbons (Fsp3) is 0.409. The molecule has 0 aliphatic carbocycles. The topological polar surface area (TPSA) is 62.7 Å². The van der Waals surface area contributed by atoms with E-state index in [4.69, 9.17) is 4.74 Å². The zero-order chi connectivity index (χ0) is 20.6. The summed E-state index contributed by atoms with van der Waals surface area (Å²) in [4.78, 5) is 5.09. The molecule has 152 valence electrons. The first kappa shape index (κ1) is 22.0. The van der Waals surface area contributed by atoms with Gasteiger partial charge in [0.05, 0.1) is 10.8 Å². The van der Waals surface area contributed by atoms with Gasteiger partial charge in [0.2, 0.25) is 0 Å². The molecule has 28 heavy (non-hydrogen) atoms. The summed E-state index contributed by atoms with van der Waals surface area (Å²) in [5.74, 6) is 2.07. The lowest BCUT2D eigenvalue weighted by Crippen LogP contribution is -2.38. The number of hydrogen-bond acceptors (Lipinski definition) is 3. The summed E-state index contributed by atoms with van der Waals surface area (Å²) in [7, 11) is 0.703. The Kier molecular flexibility index (Phi) is 8.05. The van der Waals surface area contributed by atoms with E-state index in [0.29, 0.717) is 24.8 Å². The summed E-state index contributed by atoms with van der Waals surface area (Å²) in [5.41, 5.74) is 1.97. The van der Waals surface area contributed by atoms with Crippen LogP contribution in [0.2, 0.25) is 0 Å². The number of benzene rings is 2. The molecule has 0 aliphatic heterocycles. The van der Waals surface area contributed by atoms with Crippen LogP contribution in [0, 0.1) is 6.92 Å². The number of hydrogen-bond donors (Lipinski definition) is 2. The molecule has 1 unspecified atom stereocenters. The zero-order valence-electron chi connectivity index (χ0n) is 17.4. The van der Waals surface area contributed by atoms with Crippen LogP contribution in [0.5, 0.6) is 5.75 Å². The van der Waals surface area contributed by atoms with Gasteiger partial charge in [-0.3, -0.25) is 9.20 Å². The Hall–Kier alpha value is -2.34. The van der Waals surface area contributed by atoms with E-state index in [9.17, 15) is 4.21 Å². The largest absolute Gasteiger partial charge is 0.488 e. The van der Waals surface area contributed by atoms with E-state index in [0.717, 1.165) is 21.8 Å². The monoisotopic (exact) mass is 401 g/mol. The molecule has 6 heteroatoms. The van der Waals surface area contributed by atoms with Crippen LogP contribution in [-0.2, 0) is 17.3 Å². The molecule has 0 saturated heterocycles. The van der Waals surface area contributed by atoms with E-state index in [2.05, 4.69) is 40.7 Å². The lowest BCUT2D eigenvalue weighted by molar-refractivity contribution is 0.129. The number of ether oxygens (including phenoxy) is 1. The van der Waals surface area contributed by atoms with Crippen molar-refractivity contribution in [3.8, 4) is 5.75 Å². The van der Waals surface area contributed by atoms with E-state index < -0.39 is 10.8 Å². The lowest BCUT2D eigenvalue weighted by atomic mass is 10.1. The first-order valence-electron chi connectivity index (χ1n) is 9.45. The van der Waals surface area contributed by atoms with E-state index in [1.165, 1.54) is 0 Å². The average Bonchev–Trinajstić information content (AvgIpc) is 2.65. The van der Waals surface area contributed by atoms with Gasteiger partial charge < -0.3 is 15.4 Å².